The van der Waals surface area contributed by atoms with Gasteiger partial charge in [0.2, 0.25) is 0 Å². The zero-order valence-electron chi connectivity index (χ0n) is 38.8. The van der Waals surface area contributed by atoms with E-state index in [0.717, 1.165) is 0 Å². The van der Waals surface area contributed by atoms with Gasteiger partial charge in [-0.25, -0.2) is 0 Å². The van der Waals surface area contributed by atoms with E-state index in [1.54, 1.807) is 0 Å². The zero-order chi connectivity index (χ0) is 39.0. The molecular formula is C49H112N3+3. The molecule has 0 bridgehead atoms. The largest absolute Gasteiger partial charge is 0.324 e. The predicted molar refractivity (Wildman–Crippen MR) is 245 cm³/mol. The fourth-order valence-electron chi connectivity index (χ4n) is 7.93. The molecule has 0 radical (unpaired) electrons. The van der Waals surface area contributed by atoms with Gasteiger partial charge in [-0.1, -0.05) is 168 Å². The van der Waals surface area contributed by atoms with Crippen molar-refractivity contribution in [2.75, 3.05) is 78.5 Å². The first-order valence-corrected chi connectivity index (χ1v) is 24.3. The second-order valence-corrected chi connectivity index (χ2v) is 17.0. The monoisotopic (exact) mass is 743 g/mol. The van der Waals surface area contributed by atoms with Crippen LogP contribution in [0.3, 0.4) is 0 Å². The van der Waals surface area contributed by atoms with Gasteiger partial charge >= 0.3 is 0 Å². The second-order valence-electron chi connectivity index (χ2n) is 17.0. The summed E-state index contributed by atoms with van der Waals surface area (Å²) >= 11 is 0. The minimum atomic E-state index is 0. The first kappa shape index (κ1) is 58.6. The van der Waals surface area contributed by atoms with Crippen LogP contribution in [0.5, 0.6) is 0 Å². The van der Waals surface area contributed by atoms with Crippen LogP contribution in [0.2, 0.25) is 0 Å². The van der Waals surface area contributed by atoms with Crippen LogP contribution in [0.25, 0.3) is 0 Å². The third-order valence-corrected chi connectivity index (χ3v) is 11.8. The Labute approximate surface area is 335 Å². The smallest absolute Gasteiger partial charge is 0.0786 e. The maximum atomic E-state index is 2.33. The lowest BCUT2D eigenvalue weighted by Crippen LogP contribution is -2.50. The number of hydrogen-bond acceptors (Lipinski definition) is 0. The van der Waals surface area contributed by atoms with Crippen LogP contribution in [-0.2, 0) is 0 Å². The van der Waals surface area contributed by atoms with Crippen molar-refractivity contribution in [1.82, 2.24) is 0 Å². The maximum Gasteiger partial charge on any atom is 0.0786 e. The van der Waals surface area contributed by atoms with Crippen LogP contribution in [-0.4, -0.2) is 92.0 Å². The normalized spacial score (nSPS) is 11.8. The molecule has 0 unspecified atom stereocenters. The number of quaternary nitrogens is 3. The quantitative estimate of drug-likeness (QED) is 0.0561. The molecule has 0 atom stereocenters. The van der Waals surface area contributed by atoms with Gasteiger partial charge in [-0.2, -0.15) is 0 Å². The Kier molecular flexibility index (Phi) is 49.1. The minimum absolute atomic E-state index is 0. The molecule has 0 fully saturated rings. The summed E-state index contributed by atoms with van der Waals surface area (Å²) in [4.78, 5) is 0. The van der Waals surface area contributed by atoms with Crippen molar-refractivity contribution in [3.05, 3.63) is 0 Å². The summed E-state index contributed by atoms with van der Waals surface area (Å²) in [5.41, 5.74) is 0. The number of hydrogen-bond donors (Lipinski definition) is 0. The Balaban J connectivity index is -0.000000329. The molecule has 0 heterocycles. The second kappa shape index (κ2) is 43.6. The van der Waals surface area contributed by atoms with Crippen molar-refractivity contribution in [3.63, 3.8) is 0 Å². The van der Waals surface area contributed by atoms with Crippen molar-refractivity contribution in [3.8, 4) is 0 Å². The van der Waals surface area contributed by atoms with E-state index >= 15 is 0 Å². The van der Waals surface area contributed by atoms with Crippen molar-refractivity contribution in [1.29, 1.82) is 0 Å². The molecule has 3 heteroatoms. The van der Waals surface area contributed by atoms with E-state index in [1.807, 2.05) is 0 Å². The molecule has 0 rings (SSSR count). The van der Waals surface area contributed by atoms with Crippen molar-refractivity contribution >= 4 is 0 Å². The van der Waals surface area contributed by atoms with Gasteiger partial charge in [0.25, 0.3) is 0 Å². The van der Waals surface area contributed by atoms with Crippen LogP contribution in [0.4, 0.5) is 0 Å². The van der Waals surface area contributed by atoms with E-state index in [0.29, 0.717) is 0 Å². The van der Waals surface area contributed by atoms with Crippen LogP contribution in [0.1, 0.15) is 245 Å². The van der Waals surface area contributed by atoms with Gasteiger partial charge < -0.3 is 13.4 Å². The molecule has 0 aromatic carbocycles. The highest BCUT2D eigenvalue weighted by Crippen LogP contribution is 2.19. The highest BCUT2D eigenvalue weighted by molar-refractivity contribution is 4.52. The lowest BCUT2D eigenvalue weighted by atomic mass is 10.1. The SMILES string of the molecule is C.CCCC[N+](CCCC)(CCCC)CCCC.CCCC[N+](CCCC)(CCCC)CCCC.CCCC[N+](CCCC)(CCCC)CCCC. The van der Waals surface area contributed by atoms with E-state index in [2.05, 4.69) is 83.1 Å². The van der Waals surface area contributed by atoms with Crippen LogP contribution in [0.15, 0.2) is 0 Å². The van der Waals surface area contributed by atoms with E-state index in [1.165, 1.54) is 246 Å². The number of unbranched alkanes of at least 4 members (excludes halogenated alkanes) is 12. The van der Waals surface area contributed by atoms with Gasteiger partial charge in [0.15, 0.2) is 0 Å². The highest BCUT2D eigenvalue weighted by atomic mass is 15.4. The lowest BCUT2D eigenvalue weighted by Gasteiger charge is -2.39. The molecule has 0 amide bonds. The fourth-order valence-corrected chi connectivity index (χ4v) is 7.93. The standard InChI is InChI=1S/3C16H36N.CH4/c3*1-5-9-13-17(14-10-6-2,15-11-7-3)16-12-8-4;/h3*5-16H2,1-4H3;1H4/q3*+1;. The molecule has 0 aliphatic heterocycles. The Bertz CT molecular complexity index is 434. The van der Waals surface area contributed by atoms with Crippen LogP contribution >= 0.6 is 0 Å². The van der Waals surface area contributed by atoms with E-state index in [-0.39, 0.29) is 7.43 Å². The third kappa shape index (κ3) is 33.2. The van der Waals surface area contributed by atoms with Crippen LogP contribution < -0.4 is 0 Å². The molecule has 320 valence electrons. The molecule has 0 spiro atoms. The van der Waals surface area contributed by atoms with Gasteiger partial charge in [0.1, 0.15) is 0 Å². The van der Waals surface area contributed by atoms with Gasteiger partial charge in [0, 0.05) is 0 Å². The summed E-state index contributed by atoms with van der Waals surface area (Å²) in [6.45, 7) is 45.1. The van der Waals surface area contributed by atoms with Crippen molar-refractivity contribution < 1.29 is 13.4 Å². The molecule has 0 aromatic rings. The topological polar surface area (TPSA) is 0 Å². The molecule has 0 saturated heterocycles. The minimum Gasteiger partial charge on any atom is -0.324 e. The highest BCUT2D eigenvalue weighted by Gasteiger charge is 2.26. The molecular weight excluding hydrogens is 631 g/mol. The average molecular weight is 743 g/mol. The van der Waals surface area contributed by atoms with E-state index < -0.39 is 0 Å². The average Bonchev–Trinajstić information content (AvgIpc) is 3.16. The number of nitrogens with zero attached hydrogens (tertiary/aromatic N) is 3. The van der Waals surface area contributed by atoms with Crippen molar-refractivity contribution in [2.24, 2.45) is 0 Å². The molecule has 0 N–H and O–H groups in total. The Morgan fingerprint density at radius 3 is 0.308 bits per heavy atom. The molecule has 0 aromatic heterocycles. The summed E-state index contributed by atoms with van der Waals surface area (Å²) in [5.74, 6) is 0. The maximum absolute atomic E-state index is 2.33. The van der Waals surface area contributed by atoms with Gasteiger partial charge in [-0.3, -0.25) is 0 Å². The summed E-state index contributed by atoms with van der Waals surface area (Å²) in [7, 11) is 0. The Hall–Kier alpha value is -0.120. The Morgan fingerprint density at radius 1 is 0.173 bits per heavy atom. The summed E-state index contributed by atoms with van der Waals surface area (Å²) in [5, 5.41) is 0. The van der Waals surface area contributed by atoms with Crippen molar-refractivity contribution in [2.45, 2.75) is 245 Å². The van der Waals surface area contributed by atoms with E-state index in [9.17, 15) is 0 Å². The van der Waals surface area contributed by atoms with Crippen LogP contribution in [0, 0.1) is 0 Å². The molecule has 0 saturated carbocycles. The fraction of sp³-hybridized carbons (Fsp3) is 1.00. The number of rotatable bonds is 36. The van der Waals surface area contributed by atoms with Gasteiger partial charge in [-0.15, -0.1) is 0 Å². The molecule has 0 aliphatic rings. The third-order valence-electron chi connectivity index (χ3n) is 11.8. The molecule has 3 nitrogen and oxygen atoms in total. The summed E-state index contributed by atoms with van der Waals surface area (Å²) in [6.07, 6.45) is 33.2. The molecule has 52 heavy (non-hydrogen) atoms. The summed E-state index contributed by atoms with van der Waals surface area (Å²) in [6, 6.07) is 0. The zero-order valence-corrected chi connectivity index (χ0v) is 38.8. The van der Waals surface area contributed by atoms with E-state index in [4.69, 9.17) is 0 Å². The van der Waals surface area contributed by atoms with Gasteiger partial charge in [-0.05, 0) is 77.0 Å². The first-order valence-electron chi connectivity index (χ1n) is 24.3. The molecule has 0 aliphatic carbocycles. The predicted octanol–water partition coefficient (Wildman–Crippen LogP) is 15.6. The summed E-state index contributed by atoms with van der Waals surface area (Å²) < 4.78 is 4.26. The lowest BCUT2D eigenvalue weighted by molar-refractivity contribution is -0.929. The first-order chi connectivity index (χ1) is 24.7. The Morgan fingerprint density at radius 2 is 0.250 bits per heavy atom. The van der Waals surface area contributed by atoms with Gasteiger partial charge in [0.05, 0.1) is 78.5 Å².